The molecule has 0 radical (unpaired) electrons. The van der Waals surface area contributed by atoms with Crippen LogP contribution in [0, 0.1) is 18.3 Å². The Labute approximate surface area is 115 Å². The Balaban J connectivity index is 2.18. The molecular formula is C15H26N4. The van der Waals surface area contributed by atoms with E-state index in [-0.39, 0.29) is 6.04 Å². The van der Waals surface area contributed by atoms with Crippen LogP contribution in [0.4, 0.5) is 5.82 Å². The number of hydrogen-bond acceptors (Lipinski definition) is 4. The average Bonchev–Trinajstić information content (AvgIpc) is 2.36. The van der Waals surface area contributed by atoms with Crippen LogP contribution in [-0.2, 0) is 0 Å². The zero-order chi connectivity index (χ0) is 14.0. The molecule has 1 heterocycles. The molecule has 1 aromatic rings. The lowest BCUT2D eigenvalue weighted by molar-refractivity contribution is 0.161. The molecule has 1 saturated carbocycles. The first-order valence-electron chi connectivity index (χ1n) is 7.11. The highest BCUT2D eigenvalue weighted by Gasteiger charge is 2.32. The van der Waals surface area contributed by atoms with Crippen molar-refractivity contribution in [1.29, 1.82) is 0 Å². The lowest BCUT2D eigenvalue weighted by Crippen LogP contribution is -2.37. The van der Waals surface area contributed by atoms with E-state index in [4.69, 9.17) is 11.6 Å². The maximum atomic E-state index is 6.02. The molecule has 0 aliphatic heterocycles. The van der Waals surface area contributed by atoms with Gasteiger partial charge < -0.3 is 5.73 Å². The Morgan fingerprint density at radius 1 is 1.37 bits per heavy atom. The molecular weight excluding hydrogens is 236 g/mol. The summed E-state index contributed by atoms with van der Waals surface area (Å²) < 4.78 is 0. The third-order valence-corrected chi connectivity index (χ3v) is 4.46. The smallest absolute Gasteiger partial charge is 0.128 e. The van der Waals surface area contributed by atoms with Gasteiger partial charge in [-0.1, -0.05) is 13.8 Å². The average molecular weight is 262 g/mol. The first-order chi connectivity index (χ1) is 8.93. The second-order valence-electron chi connectivity index (χ2n) is 6.63. The molecule has 1 aromatic heterocycles. The van der Waals surface area contributed by atoms with Crippen molar-refractivity contribution in [2.45, 2.75) is 52.5 Å². The van der Waals surface area contributed by atoms with Gasteiger partial charge in [-0.25, -0.2) is 4.98 Å². The predicted octanol–water partition coefficient (Wildman–Crippen LogP) is 2.69. The quantitative estimate of drug-likeness (QED) is 0.578. The number of pyridine rings is 1. The van der Waals surface area contributed by atoms with E-state index in [9.17, 15) is 0 Å². The highest BCUT2D eigenvalue weighted by molar-refractivity contribution is 5.43. The molecule has 5 N–H and O–H groups in total. The molecule has 0 amide bonds. The number of anilines is 1. The highest BCUT2D eigenvalue weighted by Crippen LogP contribution is 2.43. The van der Waals surface area contributed by atoms with Crippen molar-refractivity contribution in [3.63, 3.8) is 0 Å². The lowest BCUT2D eigenvalue weighted by atomic mass is 9.70. The van der Waals surface area contributed by atoms with Gasteiger partial charge in [0.1, 0.15) is 5.82 Å². The van der Waals surface area contributed by atoms with Crippen molar-refractivity contribution in [3.05, 3.63) is 23.4 Å². The van der Waals surface area contributed by atoms with Crippen LogP contribution < -0.4 is 17.0 Å². The molecule has 1 fully saturated rings. The molecule has 2 rings (SSSR count). The summed E-state index contributed by atoms with van der Waals surface area (Å²) in [5, 5.41) is 0. The summed E-state index contributed by atoms with van der Waals surface area (Å²) in [6.07, 6.45) is 6.67. The first-order valence-corrected chi connectivity index (χ1v) is 7.11. The summed E-state index contributed by atoms with van der Waals surface area (Å²) in [4.78, 5) is 4.25. The van der Waals surface area contributed by atoms with Crippen molar-refractivity contribution >= 4 is 5.82 Å². The fourth-order valence-electron chi connectivity index (χ4n) is 3.09. The fourth-order valence-corrected chi connectivity index (χ4v) is 3.09. The molecule has 1 atom stereocenters. The number of nitrogens with zero attached hydrogens (tertiary/aromatic N) is 1. The van der Waals surface area contributed by atoms with Crippen LogP contribution in [0.1, 0.15) is 56.7 Å². The van der Waals surface area contributed by atoms with Gasteiger partial charge in [-0.2, -0.15) is 0 Å². The van der Waals surface area contributed by atoms with E-state index in [0.717, 1.165) is 11.1 Å². The minimum Gasteiger partial charge on any atom is -0.383 e. The predicted molar refractivity (Wildman–Crippen MR) is 79.2 cm³/mol. The summed E-state index contributed by atoms with van der Waals surface area (Å²) in [7, 11) is 0. The number of nitrogens with two attached hydrogens (primary N) is 2. The Morgan fingerprint density at radius 3 is 2.58 bits per heavy atom. The van der Waals surface area contributed by atoms with Crippen molar-refractivity contribution in [1.82, 2.24) is 10.4 Å². The van der Waals surface area contributed by atoms with Gasteiger partial charge in [0.2, 0.25) is 0 Å². The molecule has 0 saturated heterocycles. The van der Waals surface area contributed by atoms with Crippen LogP contribution in [0.15, 0.2) is 12.3 Å². The number of hydrazine groups is 1. The van der Waals surface area contributed by atoms with Crippen LogP contribution in [-0.4, -0.2) is 4.98 Å². The normalized spacial score (nSPS) is 21.3. The van der Waals surface area contributed by atoms with Gasteiger partial charge in [-0.05, 0) is 55.6 Å². The van der Waals surface area contributed by atoms with Crippen molar-refractivity contribution in [3.8, 4) is 0 Å². The highest BCUT2D eigenvalue weighted by atomic mass is 15.2. The molecule has 1 aliphatic rings. The van der Waals surface area contributed by atoms with E-state index in [1.165, 1.54) is 25.7 Å². The summed E-state index contributed by atoms with van der Waals surface area (Å²) in [6.45, 7) is 6.72. The van der Waals surface area contributed by atoms with Gasteiger partial charge in [-0.3, -0.25) is 11.3 Å². The van der Waals surface area contributed by atoms with Gasteiger partial charge in [0, 0.05) is 11.8 Å². The Morgan fingerprint density at radius 2 is 2.00 bits per heavy atom. The summed E-state index contributed by atoms with van der Waals surface area (Å²) in [6, 6.07) is 2.22. The minimum atomic E-state index is 0.114. The Bertz CT molecular complexity index is 432. The van der Waals surface area contributed by atoms with E-state index >= 15 is 0 Å². The third kappa shape index (κ3) is 3.25. The van der Waals surface area contributed by atoms with E-state index in [0.29, 0.717) is 17.2 Å². The topological polar surface area (TPSA) is 77.0 Å². The molecule has 106 valence electrons. The van der Waals surface area contributed by atoms with E-state index < -0.39 is 0 Å². The number of aromatic nitrogens is 1. The minimum absolute atomic E-state index is 0.114. The molecule has 4 heteroatoms. The number of rotatable bonds is 3. The summed E-state index contributed by atoms with van der Waals surface area (Å²) in [5.41, 5.74) is 11.6. The molecule has 0 aromatic carbocycles. The molecule has 0 spiro atoms. The van der Waals surface area contributed by atoms with E-state index in [1.54, 1.807) is 6.20 Å². The standard InChI is InChI=1S/C15H26N4/c1-10-8-12(14(16)18-9-10)13(19-17)11-4-6-15(2,3)7-5-11/h8-9,11,13,19H,4-7,17H2,1-3H3,(H2,16,18). The second-order valence-corrected chi connectivity index (χ2v) is 6.63. The Hall–Kier alpha value is -1.13. The van der Waals surface area contributed by atoms with E-state index in [2.05, 4.69) is 30.3 Å². The molecule has 19 heavy (non-hydrogen) atoms. The van der Waals surface area contributed by atoms with Gasteiger partial charge in [0.05, 0.1) is 6.04 Å². The van der Waals surface area contributed by atoms with Gasteiger partial charge in [0.25, 0.3) is 0 Å². The van der Waals surface area contributed by atoms with Crippen LogP contribution >= 0.6 is 0 Å². The molecule has 1 aliphatic carbocycles. The van der Waals surface area contributed by atoms with E-state index in [1.807, 2.05) is 6.92 Å². The van der Waals surface area contributed by atoms with Crippen LogP contribution in [0.5, 0.6) is 0 Å². The van der Waals surface area contributed by atoms with Crippen LogP contribution in [0.25, 0.3) is 0 Å². The third-order valence-electron chi connectivity index (χ3n) is 4.46. The van der Waals surface area contributed by atoms with Gasteiger partial charge in [0.15, 0.2) is 0 Å². The van der Waals surface area contributed by atoms with Gasteiger partial charge in [-0.15, -0.1) is 0 Å². The van der Waals surface area contributed by atoms with Gasteiger partial charge >= 0.3 is 0 Å². The summed E-state index contributed by atoms with van der Waals surface area (Å²) >= 11 is 0. The van der Waals surface area contributed by atoms with Crippen LogP contribution in [0.3, 0.4) is 0 Å². The zero-order valence-corrected chi connectivity index (χ0v) is 12.2. The molecule has 1 unspecified atom stereocenters. The first kappa shape index (κ1) is 14.3. The molecule has 4 nitrogen and oxygen atoms in total. The fraction of sp³-hybridized carbons (Fsp3) is 0.667. The number of hydrogen-bond donors (Lipinski definition) is 3. The number of aryl methyl sites for hydroxylation is 1. The maximum Gasteiger partial charge on any atom is 0.128 e. The Kier molecular flexibility index (Phi) is 4.11. The maximum absolute atomic E-state index is 6.02. The second kappa shape index (κ2) is 5.47. The zero-order valence-electron chi connectivity index (χ0n) is 12.2. The number of nitrogen functional groups attached to an aromatic ring is 1. The monoisotopic (exact) mass is 262 g/mol. The largest absolute Gasteiger partial charge is 0.383 e. The van der Waals surface area contributed by atoms with Crippen LogP contribution in [0.2, 0.25) is 0 Å². The van der Waals surface area contributed by atoms with Crippen molar-refractivity contribution in [2.75, 3.05) is 5.73 Å². The number of nitrogens with one attached hydrogen (secondary N) is 1. The summed E-state index contributed by atoms with van der Waals surface area (Å²) in [5.74, 6) is 6.93. The molecule has 0 bridgehead atoms. The van der Waals surface area contributed by atoms with Crippen molar-refractivity contribution in [2.24, 2.45) is 17.2 Å². The lowest BCUT2D eigenvalue weighted by Gasteiger charge is -2.38. The SMILES string of the molecule is Cc1cnc(N)c(C(NN)C2CCC(C)(C)CC2)c1. The van der Waals surface area contributed by atoms with Crippen molar-refractivity contribution < 1.29 is 0 Å².